The maximum absolute atomic E-state index is 12.1. The topological polar surface area (TPSA) is 88.0 Å². The van der Waals surface area contributed by atoms with Crippen molar-refractivity contribution in [3.8, 4) is 10.4 Å². The molecule has 0 aromatic carbocycles. The number of nitrogens with one attached hydrogen (secondary N) is 2. The number of thiophene rings is 1. The Labute approximate surface area is 118 Å². The molecule has 0 bridgehead atoms. The summed E-state index contributed by atoms with van der Waals surface area (Å²) in [5.74, 6) is -0.934. The number of rotatable bonds is 4. The predicted molar refractivity (Wildman–Crippen MR) is 75.2 cm³/mol. The highest BCUT2D eigenvalue weighted by Crippen LogP contribution is 2.32. The Morgan fingerprint density at radius 1 is 1.42 bits per heavy atom. The van der Waals surface area contributed by atoms with Gasteiger partial charge < -0.3 is 16.0 Å². The van der Waals surface area contributed by atoms with E-state index in [0.29, 0.717) is 9.90 Å². The average molecular weight is 298 g/mol. The van der Waals surface area contributed by atoms with Gasteiger partial charge in [-0.2, -0.15) is 0 Å². The Balaban J connectivity index is 2.25. The summed E-state index contributed by atoms with van der Waals surface area (Å²) in [6.07, 6.45) is 3.29. The Morgan fingerprint density at radius 2 is 2.16 bits per heavy atom. The predicted octanol–water partition coefficient (Wildman–Crippen LogP) is 2.00. The first-order valence-electron chi connectivity index (χ1n) is 5.51. The molecule has 19 heavy (non-hydrogen) atoms. The molecule has 0 radical (unpaired) electrons. The van der Waals surface area contributed by atoms with Crippen LogP contribution < -0.4 is 11.1 Å². The van der Waals surface area contributed by atoms with Gasteiger partial charge in [-0.1, -0.05) is 11.6 Å². The summed E-state index contributed by atoms with van der Waals surface area (Å²) in [5, 5.41) is 2.54. The number of H-pyrrole nitrogens is 1. The Hall–Kier alpha value is -1.79. The number of amides is 2. The van der Waals surface area contributed by atoms with E-state index < -0.39 is 11.9 Å². The van der Waals surface area contributed by atoms with Crippen LogP contribution in [-0.4, -0.2) is 22.8 Å². The second-order valence-electron chi connectivity index (χ2n) is 3.98. The third-order valence-electron chi connectivity index (χ3n) is 2.60. The minimum atomic E-state index is -0.720. The summed E-state index contributed by atoms with van der Waals surface area (Å²) in [6, 6.07) is 2.88. The van der Waals surface area contributed by atoms with Crippen molar-refractivity contribution in [2.45, 2.75) is 13.0 Å². The molecule has 2 heterocycles. The molecule has 4 N–H and O–H groups in total. The highest BCUT2D eigenvalue weighted by atomic mass is 35.5. The van der Waals surface area contributed by atoms with Gasteiger partial charge in [0.1, 0.15) is 6.04 Å². The second kappa shape index (κ2) is 5.46. The van der Waals surface area contributed by atoms with E-state index in [-0.39, 0.29) is 5.91 Å². The van der Waals surface area contributed by atoms with Gasteiger partial charge in [0.25, 0.3) is 5.91 Å². The summed E-state index contributed by atoms with van der Waals surface area (Å²) in [7, 11) is 0. The van der Waals surface area contributed by atoms with E-state index in [1.807, 2.05) is 6.07 Å². The monoisotopic (exact) mass is 297 g/mol. The van der Waals surface area contributed by atoms with Crippen molar-refractivity contribution in [1.29, 1.82) is 0 Å². The first-order valence-corrected chi connectivity index (χ1v) is 6.71. The van der Waals surface area contributed by atoms with Crippen molar-refractivity contribution in [1.82, 2.24) is 10.3 Å². The lowest BCUT2D eigenvalue weighted by Gasteiger charge is -2.10. The molecule has 2 amide bonds. The van der Waals surface area contributed by atoms with E-state index in [1.165, 1.54) is 18.3 Å². The van der Waals surface area contributed by atoms with Gasteiger partial charge in [-0.3, -0.25) is 9.59 Å². The maximum Gasteiger partial charge on any atom is 0.254 e. The Kier molecular flexibility index (Phi) is 3.92. The van der Waals surface area contributed by atoms with Crippen LogP contribution in [0.2, 0.25) is 4.34 Å². The van der Waals surface area contributed by atoms with E-state index in [9.17, 15) is 9.59 Å². The van der Waals surface area contributed by atoms with Crippen LogP contribution in [0.3, 0.4) is 0 Å². The molecule has 0 aliphatic carbocycles. The highest BCUT2D eigenvalue weighted by molar-refractivity contribution is 7.19. The van der Waals surface area contributed by atoms with Crippen molar-refractivity contribution >= 4 is 34.8 Å². The average Bonchev–Trinajstić information content (AvgIpc) is 2.96. The van der Waals surface area contributed by atoms with E-state index >= 15 is 0 Å². The first-order chi connectivity index (χ1) is 8.99. The summed E-state index contributed by atoms with van der Waals surface area (Å²) in [6.45, 7) is 1.54. The largest absolute Gasteiger partial charge is 0.368 e. The fourth-order valence-electron chi connectivity index (χ4n) is 1.56. The molecule has 0 aliphatic heterocycles. The van der Waals surface area contributed by atoms with Gasteiger partial charge in [0.15, 0.2) is 0 Å². The smallest absolute Gasteiger partial charge is 0.254 e. The molecule has 0 spiro atoms. The van der Waals surface area contributed by atoms with Crippen molar-refractivity contribution in [3.05, 3.63) is 34.4 Å². The molecule has 0 saturated carbocycles. The summed E-state index contributed by atoms with van der Waals surface area (Å²) in [5.41, 5.74) is 6.31. The van der Waals surface area contributed by atoms with Crippen LogP contribution in [0.1, 0.15) is 17.3 Å². The SMILES string of the molecule is CC(NC(=O)c1c[nH]cc1-c1ccc(Cl)s1)C(N)=O. The number of hydrogen-bond acceptors (Lipinski definition) is 3. The maximum atomic E-state index is 12.1. The minimum Gasteiger partial charge on any atom is -0.368 e. The van der Waals surface area contributed by atoms with Crippen molar-refractivity contribution in [2.75, 3.05) is 0 Å². The van der Waals surface area contributed by atoms with E-state index in [1.54, 1.807) is 18.5 Å². The van der Waals surface area contributed by atoms with E-state index in [0.717, 1.165) is 10.4 Å². The van der Waals surface area contributed by atoms with Gasteiger partial charge in [0.05, 0.1) is 9.90 Å². The van der Waals surface area contributed by atoms with Crippen LogP contribution in [0.5, 0.6) is 0 Å². The van der Waals surface area contributed by atoms with E-state index in [4.69, 9.17) is 17.3 Å². The third-order valence-corrected chi connectivity index (χ3v) is 3.87. The van der Waals surface area contributed by atoms with Gasteiger partial charge in [0, 0.05) is 22.8 Å². The van der Waals surface area contributed by atoms with Crippen LogP contribution in [0.4, 0.5) is 0 Å². The number of aromatic amines is 1. The molecule has 2 aromatic rings. The second-order valence-corrected chi connectivity index (χ2v) is 5.70. The zero-order valence-electron chi connectivity index (χ0n) is 10.1. The Morgan fingerprint density at radius 3 is 2.74 bits per heavy atom. The number of carbonyl (C=O) groups excluding carboxylic acids is 2. The molecule has 1 atom stereocenters. The summed E-state index contributed by atoms with van der Waals surface area (Å²) >= 11 is 7.26. The summed E-state index contributed by atoms with van der Waals surface area (Å²) in [4.78, 5) is 26.8. The fourth-order valence-corrected chi connectivity index (χ4v) is 2.63. The van der Waals surface area contributed by atoms with Crippen LogP contribution >= 0.6 is 22.9 Å². The zero-order valence-corrected chi connectivity index (χ0v) is 11.6. The lowest BCUT2D eigenvalue weighted by atomic mass is 10.1. The Bertz CT molecular complexity index is 620. The number of aromatic nitrogens is 1. The molecular formula is C12H12ClN3O2S. The molecule has 0 aliphatic rings. The standard InChI is InChI=1S/C12H12ClN3O2S/c1-6(11(14)17)16-12(18)8-5-15-4-7(8)9-2-3-10(13)19-9/h2-6,15H,1H3,(H2,14,17)(H,16,18). The third kappa shape index (κ3) is 2.97. The van der Waals surface area contributed by atoms with Crippen molar-refractivity contribution in [2.24, 2.45) is 5.73 Å². The van der Waals surface area contributed by atoms with Crippen LogP contribution in [-0.2, 0) is 4.79 Å². The molecule has 0 fully saturated rings. The number of halogens is 1. The van der Waals surface area contributed by atoms with Crippen LogP contribution in [0.15, 0.2) is 24.5 Å². The quantitative estimate of drug-likeness (QED) is 0.806. The molecule has 1 unspecified atom stereocenters. The molecule has 2 rings (SSSR count). The fraction of sp³-hybridized carbons (Fsp3) is 0.167. The lowest BCUT2D eigenvalue weighted by Crippen LogP contribution is -2.42. The number of hydrogen-bond donors (Lipinski definition) is 3. The molecule has 7 heteroatoms. The van der Waals surface area contributed by atoms with Crippen LogP contribution in [0.25, 0.3) is 10.4 Å². The van der Waals surface area contributed by atoms with E-state index in [2.05, 4.69) is 10.3 Å². The zero-order chi connectivity index (χ0) is 14.0. The van der Waals surface area contributed by atoms with Gasteiger partial charge in [-0.15, -0.1) is 11.3 Å². The van der Waals surface area contributed by atoms with Gasteiger partial charge in [-0.25, -0.2) is 0 Å². The van der Waals surface area contributed by atoms with Gasteiger partial charge >= 0.3 is 0 Å². The number of nitrogens with two attached hydrogens (primary N) is 1. The first kappa shape index (κ1) is 13.6. The van der Waals surface area contributed by atoms with Crippen molar-refractivity contribution < 1.29 is 9.59 Å². The number of primary amides is 1. The minimum absolute atomic E-state index is 0.355. The summed E-state index contributed by atoms with van der Waals surface area (Å²) < 4.78 is 0.646. The molecule has 2 aromatic heterocycles. The lowest BCUT2D eigenvalue weighted by molar-refractivity contribution is -0.119. The van der Waals surface area contributed by atoms with Gasteiger partial charge in [-0.05, 0) is 19.1 Å². The number of carbonyl (C=O) groups is 2. The molecule has 100 valence electrons. The van der Waals surface area contributed by atoms with Crippen LogP contribution in [0, 0.1) is 0 Å². The molecular weight excluding hydrogens is 286 g/mol. The van der Waals surface area contributed by atoms with Crippen molar-refractivity contribution in [3.63, 3.8) is 0 Å². The molecule has 0 saturated heterocycles. The highest BCUT2D eigenvalue weighted by Gasteiger charge is 2.18. The molecule has 5 nitrogen and oxygen atoms in total. The van der Waals surface area contributed by atoms with Gasteiger partial charge in [0.2, 0.25) is 5.91 Å². The normalized spacial score (nSPS) is 12.1.